The first-order valence-corrected chi connectivity index (χ1v) is 7.29. The standard InChI is InChI=1S/C16H22N2O4/c1-12(19)17-6-8-18(9-7-17)16(20)10-13-4-5-14(21-2)11-15(13)22-3/h4-5,11H,6-10H2,1-3H3. The molecule has 1 aromatic carbocycles. The first-order chi connectivity index (χ1) is 10.5. The van der Waals surface area contributed by atoms with Crippen LogP contribution in [0, 0.1) is 0 Å². The van der Waals surface area contributed by atoms with Gasteiger partial charge in [0.2, 0.25) is 11.8 Å². The van der Waals surface area contributed by atoms with Gasteiger partial charge in [0.05, 0.1) is 20.6 Å². The lowest BCUT2D eigenvalue weighted by Gasteiger charge is -2.34. The Morgan fingerprint density at radius 1 is 1.05 bits per heavy atom. The van der Waals surface area contributed by atoms with E-state index in [0.717, 1.165) is 5.56 Å². The summed E-state index contributed by atoms with van der Waals surface area (Å²) in [6.45, 7) is 3.91. The number of methoxy groups -OCH3 is 2. The fraction of sp³-hybridized carbons (Fsp3) is 0.500. The molecule has 0 spiro atoms. The number of piperazine rings is 1. The van der Waals surface area contributed by atoms with Crippen molar-refractivity contribution in [1.29, 1.82) is 0 Å². The van der Waals surface area contributed by atoms with Crippen LogP contribution in [-0.2, 0) is 16.0 Å². The number of amides is 2. The minimum atomic E-state index is 0.0478. The van der Waals surface area contributed by atoms with E-state index >= 15 is 0 Å². The molecule has 6 heteroatoms. The molecule has 0 N–H and O–H groups in total. The molecule has 1 aliphatic rings. The van der Waals surface area contributed by atoms with Crippen molar-refractivity contribution >= 4 is 11.8 Å². The maximum atomic E-state index is 12.4. The number of carbonyl (C=O) groups excluding carboxylic acids is 2. The fourth-order valence-electron chi connectivity index (χ4n) is 2.54. The summed E-state index contributed by atoms with van der Waals surface area (Å²) in [6, 6.07) is 5.44. The Kier molecular flexibility index (Phi) is 5.25. The van der Waals surface area contributed by atoms with E-state index < -0.39 is 0 Å². The molecule has 2 amide bonds. The Bertz CT molecular complexity index is 551. The summed E-state index contributed by atoms with van der Waals surface area (Å²) in [6.07, 6.45) is 0.285. The minimum Gasteiger partial charge on any atom is -0.497 e. The maximum absolute atomic E-state index is 12.4. The molecule has 1 fully saturated rings. The number of hydrogen-bond acceptors (Lipinski definition) is 4. The lowest BCUT2D eigenvalue weighted by atomic mass is 10.1. The van der Waals surface area contributed by atoms with Gasteiger partial charge in [-0.15, -0.1) is 0 Å². The van der Waals surface area contributed by atoms with Crippen molar-refractivity contribution in [3.8, 4) is 11.5 Å². The summed E-state index contributed by atoms with van der Waals surface area (Å²) in [5, 5.41) is 0. The lowest BCUT2D eigenvalue weighted by molar-refractivity contribution is -0.138. The van der Waals surface area contributed by atoms with E-state index in [9.17, 15) is 9.59 Å². The second-order valence-corrected chi connectivity index (χ2v) is 5.24. The van der Waals surface area contributed by atoms with Crippen LogP contribution in [0.1, 0.15) is 12.5 Å². The van der Waals surface area contributed by atoms with Crippen molar-refractivity contribution in [2.45, 2.75) is 13.3 Å². The van der Waals surface area contributed by atoms with E-state index in [-0.39, 0.29) is 18.2 Å². The quantitative estimate of drug-likeness (QED) is 0.830. The molecule has 1 aliphatic heterocycles. The van der Waals surface area contributed by atoms with Gasteiger partial charge >= 0.3 is 0 Å². The van der Waals surface area contributed by atoms with Gasteiger partial charge < -0.3 is 19.3 Å². The van der Waals surface area contributed by atoms with Gasteiger partial charge in [0.15, 0.2) is 0 Å². The average molecular weight is 306 g/mol. The molecule has 120 valence electrons. The third-order valence-electron chi connectivity index (χ3n) is 3.91. The molecular weight excluding hydrogens is 284 g/mol. The van der Waals surface area contributed by atoms with Crippen molar-refractivity contribution in [3.05, 3.63) is 23.8 Å². The maximum Gasteiger partial charge on any atom is 0.227 e. The SMILES string of the molecule is COc1ccc(CC(=O)N2CCN(C(C)=O)CC2)c(OC)c1. The largest absolute Gasteiger partial charge is 0.497 e. The Hall–Kier alpha value is -2.24. The van der Waals surface area contributed by atoms with Crippen LogP contribution in [0.3, 0.4) is 0 Å². The molecule has 1 aromatic rings. The predicted octanol–water partition coefficient (Wildman–Crippen LogP) is 0.937. The van der Waals surface area contributed by atoms with Crippen molar-refractivity contribution in [3.63, 3.8) is 0 Å². The number of rotatable bonds is 4. The van der Waals surface area contributed by atoms with E-state index in [1.54, 1.807) is 37.0 Å². The van der Waals surface area contributed by atoms with Gasteiger partial charge in [0, 0.05) is 44.7 Å². The normalized spacial score (nSPS) is 14.7. The first kappa shape index (κ1) is 16.1. The molecule has 0 bridgehead atoms. The summed E-state index contributed by atoms with van der Waals surface area (Å²) in [4.78, 5) is 27.3. The zero-order chi connectivity index (χ0) is 16.1. The van der Waals surface area contributed by atoms with Crippen LogP contribution < -0.4 is 9.47 Å². The van der Waals surface area contributed by atoms with Gasteiger partial charge in [-0.2, -0.15) is 0 Å². The van der Waals surface area contributed by atoms with E-state index in [4.69, 9.17) is 9.47 Å². The van der Waals surface area contributed by atoms with Gasteiger partial charge in [-0.05, 0) is 6.07 Å². The van der Waals surface area contributed by atoms with Gasteiger partial charge in [0.25, 0.3) is 0 Å². The lowest BCUT2D eigenvalue weighted by Crippen LogP contribution is -2.50. The van der Waals surface area contributed by atoms with Crippen LogP contribution in [0.15, 0.2) is 18.2 Å². The topological polar surface area (TPSA) is 59.1 Å². The van der Waals surface area contributed by atoms with Gasteiger partial charge in [-0.1, -0.05) is 6.07 Å². The second-order valence-electron chi connectivity index (χ2n) is 5.24. The monoisotopic (exact) mass is 306 g/mol. The van der Waals surface area contributed by atoms with E-state index in [0.29, 0.717) is 37.7 Å². The molecular formula is C16H22N2O4. The molecule has 6 nitrogen and oxygen atoms in total. The Morgan fingerprint density at radius 3 is 2.23 bits per heavy atom. The highest BCUT2D eigenvalue weighted by atomic mass is 16.5. The molecule has 0 saturated carbocycles. The van der Waals surface area contributed by atoms with Gasteiger partial charge in [-0.3, -0.25) is 9.59 Å². The Morgan fingerprint density at radius 2 is 1.68 bits per heavy atom. The first-order valence-electron chi connectivity index (χ1n) is 7.29. The summed E-state index contributed by atoms with van der Waals surface area (Å²) in [5.41, 5.74) is 0.835. The summed E-state index contributed by atoms with van der Waals surface area (Å²) in [7, 11) is 3.17. The van der Waals surface area contributed by atoms with Gasteiger partial charge in [0.1, 0.15) is 11.5 Å². The third kappa shape index (κ3) is 3.69. The molecule has 0 aromatic heterocycles. The molecule has 2 rings (SSSR count). The smallest absolute Gasteiger partial charge is 0.227 e. The molecule has 1 heterocycles. The molecule has 0 atom stereocenters. The summed E-state index contributed by atoms with van der Waals surface area (Å²) in [5.74, 6) is 1.45. The van der Waals surface area contributed by atoms with Crippen LogP contribution in [0.4, 0.5) is 0 Å². The van der Waals surface area contributed by atoms with Crippen molar-refractivity contribution in [2.24, 2.45) is 0 Å². The number of carbonyl (C=O) groups is 2. The fourth-order valence-corrected chi connectivity index (χ4v) is 2.54. The van der Waals surface area contributed by atoms with Gasteiger partial charge in [-0.25, -0.2) is 0 Å². The van der Waals surface area contributed by atoms with E-state index in [1.165, 1.54) is 0 Å². The highest BCUT2D eigenvalue weighted by molar-refractivity contribution is 5.80. The highest BCUT2D eigenvalue weighted by Crippen LogP contribution is 2.25. The van der Waals surface area contributed by atoms with Crippen molar-refractivity contribution in [2.75, 3.05) is 40.4 Å². The Balaban J connectivity index is 1.99. The van der Waals surface area contributed by atoms with E-state index in [1.807, 2.05) is 12.1 Å². The predicted molar refractivity (Wildman–Crippen MR) is 82.1 cm³/mol. The number of benzene rings is 1. The van der Waals surface area contributed by atoms with Crippen LogP contribution in [0.5, 0.6) is 11.5 Å². The molecule has 0 unspecified atom stereocenters. The number of ether oxygens (including phenoxy) is 2. The zero-order valence-corrected chi connectivity index (χ0v) is 13.3. The number of nitrogens with zero attached hydrogens (tertiary/aromatic N) is 2. The number of hydrogen-bond donors (Lipinski definition) is 0. The van der Waals surface area contributed by atoms with Crippen LogP contribution in [0.2, 0.25) is 0 Å². The van der Waals surface area contributed by atoms with Crippen LogP contribution >= 0.6 is 0 Å². The van der Waals surface area contributed by atoms with Crippen LogP contribution in [-0.4, -0.2) is 62.0 Å². The minimum absolute atomic E-state index is 0.0478. The average Bonchev–Trinajstić information content (AvgIpc) is 2.55. The summed E-state index contributed by atoms with van der Waals surface area (Å²) < 4.78 is 10.5. The van der Waals surface area contributed by atoms with Crippen molar-refractivity contribution in [1.82, 2.24) is 9.80 Å². The van der Waals surface area contributed by atoms with E-state index in [2.05, 4.69) is 0 Å². The zero-order valence-electron chi connectivity index (χ0n) is 13.3. The summed E-state index contributed by atoms with van der Waals surface area (Å²) >= 11 is 0. The molecule has 1 saturated heterocycles. The molecule has 0 radical (unpaired) electrons. The third-order valence-corrected chi connectivity index (χ3v) is 3.91. The highest BCUT2D eigenvalue weighted by Gasteiger charge is 2.23. The van der Waals surface area contributed by atoms with Crippen molar-refractivity contribution < 1.29 is 19.1 Å². The second kappa shape index (κ2) is 7.15. The van der Waals surface area contributed by atoms with Crippen LogP contribution in [0.25, 0.3) is 0 Å². The molecule has 22 heavy (non-hydrogen) atoms. The Labute approximate surface area is 130 Å². The molecule has 0 aliphatic carbocycles.